The van der Waals surface area contributed by atoms with Crippen LogP contribution >= 0.6 is 15.9 Å². The molecule has 1 aliphatic rings. The van der Waals surface area contributed by atoms with Crippen molar-refractivity contribution in [2.24, 2.45) is 0 Å². The standard InChI is InChI=1S/C20H23BrN2O3S/c1-22(2)18-9-3-15(4-10-18)13-23(19-11-12-27(25,26)14-19)20(24)16-5-7-17(21)8-6-16/h3-10,19H,11-14H2,1-2H3. The van der Waals surface area contributed by atoms with Crippen LogP contribution in [0.4, 0.5) is 5.69 Å². The highest BCUT2D eigenvalue weighted by atomic mass is 79.9. The van der Waals surface area contributed by atoms with Gasteiger partial charge in [-0.3, -0.25) is 4.79 Å². The van der Waals surface area contributed by atoms with Crippen molar-refractivity contribution in [2.75, 3.05) is 30.5 Å². The number of amides is 1. The number of hydrogen-bond acceptors (Lipinski definition) is 4. The average Bonchev–Trinajstić information content (AvgIpc) is 2.99. The number of sulfone groups is 1. The molecule has 0 radical (unpaired) electrons. The van der Waals surface area contributed by atoms with Gasteiger partial charge in [-0.1, -0.05) is 28.1 Å². The molecule has 0 saturated carbocycles. The zero-order valence-electron chi connectivity index (χ0n) is 15.4. The van der Waals surface area contributed by atoms with Crippen molar-refractivity contribution >= 4 is 37.4 Å². The molecule has 2 aromatic carbocycles. The van der Waals surface area contributed by atoms with Crippen LogP contribution in [-0.4, -0.2) is 50.9 Å². The SMILES string of the molecule is CN(C)c1ccc(CN(C(=O)c2ccc(Br)cc2)C2CCS(=O)(=O)C2)cc1. The predicted molar refractivity (Wildman–Crippen MR) is 112 cm³/mol. The zero-order chi connectivity index (χ0) is 19.6. The summed E-state index contributed by atoms with van der Waals surface area (Å²) in [6.45, 7) is 0.392. The van der Waals surface area contributed by atoms with Gasteiger partial charge in [0.25, 0.3) is 5.91 Å². The fourth-order valence-corrected chi connectivity index (χ4v) is 5.24. The third kappa shape index (κ3) is 4.90. The van der Waals surface area contributed by atoms with Gasteiger partial charge >= 0.3 is 0 Å². The lowest BCUT2D eigenvalue weighted by Gasteiger charge is -2.29. The fraction of sp³-hybridized carbons (Fsp3) is 0.350. The highest BCUT2D eigenvalue weighted by molar-refractivity contribution is 9.10. The van der Waals surface area contributed by atoms with Gasteiger partial charge in [0, 0.05) is 42.4 Å². The molecule has 0 bridgehead atoms. The molecule has 0 aromatic heterocycles. The molecule has 2 aromatic rings. The van der Waals surface area contributed by atoms with Gasteiger partial charge in [0.15, 0.2) is 9.84 Å². The van der Waals surface area contributed by atoms with Gasteiger partial charge < -0.3 is 9.80 Å². The van der Waals surface area contributed by atoms with E-state index in [9.17, 15) is 13.2 Å². The molecule has 1 aliphatic heterocycles. The molecule has 0 N–H and O–H groups in total. The first-order valence-electron chi connectivity index (χ1n) is 8.78. The fourth-order valence-electron chi connectivity index (χ4n) is 3.24. The van der Waals surface area contributed by atoms with Crippen molar-refractivity contribution in [3.8, 4) is 0 Å². The molecule has 144 valence electrons. The van der Waals surface area contributed by atoms with Crippen LogP contribution in [0, 0.1) is 0 Å². The minimum absolute atomic E-state index is 0.0328. The largest absolute Gasteiger partial charge is 0.378 e. The first kappa shape index (κ1) is 19.9. The van der Waals surface area contributed by atoms with Crippen molar-refractivity contribution in [2.45, 2.75) is 19.0 Å². The van der Waals surface area contributed by atoms with Gasteiger partial charge in [0.2, 0.25) is 0 Å². The number of nitrogens with zero attached hydrogens (tertiary/aromatic N) is 2. The Morgan fingerprint density at radius 2 is 1.70 bits per heavy atom. The maximum absolute atomic E-state index is 13.1. The van der Waals surface area contributed by atoms with E-state index in [1.54, 1.807) is 17.0 Å². The molecular weight excluding hydrogens is 428 g/mol. The second kappa shape index (κ2) is 8.02. The Hall–Kier alpha value is -1.86. The van der Waals surface area contributed by atoms with Crippen LogP contribution < -0.4 is 4.90 Å². The maximum atomic E-state index is 13.1. The number of anilines is 1. The van der Waals surface area contributed by atoms with Crippen molar-refractivity contribution < 1.29 is 13.2 Å². The summed E-state index contributed by atoms with van der Waals surface area (Å²) in [4.78, 5) is 16.9. The summed E-state index contributed by atoms with van der Waals surface area (Å²) < 4.78 is 24.8. The molecule has 27 heavy (non-hydrogen) atoms. The van der Waals surface area contributed by atoms with E-state index in [1.807, 2.05) is 55.4 Å². The third-order valence-corrected chi connectivity index (χ3v) is 7.09. The van der Waals surface area contributed by atoms with Crippen LogP contribution in [0.5, 0.6) is 0 Å². The van der Waals surface area contributed by atoms with E-state index in [2.05, 4.69) is 15.9 Å². The summed E-state index contributed by atoms with van der Waals surface area (Å²) in [7, 11) is 0.867. The highest BCUT2D eigenvalue weighted by Gasteiger charge is 2.35. The Morgan fingerprint density at radius 1 is 1.07 bits per heavy atom. The normalized spacial score (nSPS) is 18.3. The lowest BCUT2D eigenvalue weighted by atomic mass is 10.1. The molecule has 1 atom stereocenters. The van der Waals surface area contributed by atoms with Gasteiger partial charge in [-0.05, 0) is 48.4 Å². The van der Waals surface area contributed by atoms with E-state index >= 15 is 0 Å². The number of halogens is 1. The molecule has 0 aliphatic carbocycles. The van der Waals surface area contributed by atoms with Gasteiger partial charge in [-0.15, -0.1) is 0 Å². The Kier molecular flexibility index (Phi) is 5.91. The highest BCUT2D eigenvalue weighted by Crippen LogP contribution is 2.24. The molecule has 0 spiro atoms. The molecule has 7 heteroatoms. The van der Waals surface area contributed by atoms with E-state index < -0.39 is 9.84 Å². The van der Waals surface area contributed by atoms with Crippen LogP contribution in [0.15, 0.2) is 53.0 Å². The minimum atomic E-state index is -3.08. The van der Waals surface area contributed by atoms with Crippen LogP contribution in [-0.2, 0) is 16.4 Å². The van der Waals surface area contributed by atoms with Crippen molar-refractivity contribution in [1.82, 2.24) is 4.90 Å². The second-order valence-electron chi connectivity index (χ2n) is 7.06. The van der Waals surface area contributed by atoms with Crippen LogP contribution in [0.2, 0.25) is 0 Å². The van der Waals surface area contributed by atoms with Crippen LogP contribution in [0.25, 0.3) is 0 Å². The smallest absolute Gasteiger partial charge is 0.254 e. The van der Waals surface area contributed by atoms with E-state index in [4.69, 9.17) is 0 Å². The van der Waals surface area contributed by atoms with Crippen molar-refractivity contribution in [1.29, 1.82) is 0 Å². The lowest BCUT2D eigenvalue weighted by molar-refractivity contribution is 0.0681. The number of carbonyl (C=O) groups is 1. The molecular formula is C20H23BrN2O3S. The second-order valence-corrected chi connectivity index (χ2v) is 10.2. The molecule has 1 fully saturated rings. The van der Waals surface area contributed by atoms with Crippen molar-refractivity contribution in [3.63, 3.8) is 0 Å². The number of carbonyl (C=O) groups excluding carboxylic acids is 1. The Morgan fingerprint density at radius 3 is 2.22 bits per heavy atom. The van der Waals surface area contributed by atoms with Gasteiger partial charge in [0.05, 0.1) is 11.5 Å². The summed E-state index contributed by atoms with van der Waals surface area (Å²) in [5, 5.41) is 0. The van der Waals surface area contributed by atoms with Crippen LogP contribution in [0.3, 0.4) is 0 Å². The van der Waals surface area contributed by atoms with E-state index in [-0.39, 0.29) is 23.5 Å². The minimum Gasteiger partial charge on any atom is -0.378 e. The molecule has 1 amide bonds. The average molecular weight is 451 g/mol. The monoisotopic (exact) mass is 450 g/mol. The summed E-state index contributed by atoms with van der Waals surface area (Å²) in [5.74, 6) is 0.0353. The Balaban J connectivity index is 1.87. The van der Waals surface area contributed by atoms with Gasteiger partial charge in [-0.2, -0.15) is 0 Å². The third-order valence-electron chi connectivity index (χ3n) is 4.81. The van der Waals surface area contributed by atoms with Gasteiger partial charge in [-0.25, -0.2) is 8.42 Å². The molecule has 1 saturated heterocycles. The summed E-state index contributed by atoms with van der Waals surface area (Å²) in [5.41, 5.74) is 2.62. The summed E-state index contributed by atoms with van der Waals surface area (Å²) >= 11 is 3.38. The van der Waals surface area contributed by atoms with E-state index in [0.717, 1.165) is 15.7 Å². The first-order chi connectivity index (χ1) is 12.7. The Bertz CT molecular complexity index is 909. The summed E-state index contributed by atoms with van der Waals surface area (Å²) in [6.07, 6.45) is 0.486. The Labute approximate surface area is 169 Å². The van der Waals surface area contributed by atoms with Gasteiger partial charge in [0.1, 0.15) is 0 Å². The van der Waals surface area contributed by atoms with Crippen molar-refractivity contribution in [3.05, 3.63) is 64.1 Å². The maximum Gasteiger partial charge on any atom is 0.254 e. The molecule has 5 nitrogen and oxygen atoms in total. The quantitative estimate of drug-likeness (QED) is 0.700. The van der Waals surface area contributed by atoms with E-state index in [0.29, 0.717) is 18.5 Å². The molecule has 1 heterocycles. The topological polar surface area (TPSA) is 57.7 Å². The van der Waals surface area contributed by atoms with E-state index in [1.165, 1.54) is 0 Å². The molecule has 3 rings (SSSR count). The number of hydrogen-bond donors (Lipinski definition) is 0. The van der Waals surface area contributed by atoms with Crippen LogP contribution in [0.1, 0.15) is 22.3 Å². The lowest BCUT2D eigenvalue weighted by Crippen LogP contribution is -2.40. The number of benzene rings is 2. The molecule has 1 unspecified atom stereocenters. The predicted octanol–water partition coefficient (Wildman–Crippen LogP) is 3.34. The number of rotatable bonds is 5. The summed E-state index contributed by atoms with van der Waals surface area (Å²) in [6, 6.07) is 14.9. The zero-order valence-corrected chi connectivity index (χ0v) is 17.8. The first-order valence-corrected chi connectivity index (χ1v) is 11.4.